The van der Waals surface area contributed by atoms with Gasteiger partial charge in [-0.1, -0.05) is 23.7 Å². The van der Waals surface area contributed by atoms with Gasteiger partial charge < -0.3 is 10.1 Å². The highest BCUT2D eigenvalue weighted by molar-refractivity contribution is 6.30. The Hall–Kier alpha value is -0.570. The van der Waals surface area contributed by atoms with Crippen LogP contribution in [0.25, 0.3) is 0 Å². The third kappa shape index (κ3) is 3.21. The summed E-state index contributed by atoms with van der Waals surface area (Å²) in [4.78, 5) is 0. The molecule has 0 bridgehead atoms. The molecule has 2 nitrogen and oxygen atoms in total. The van der Waals surface area contributed by atoms with Crippen LogP contribution in [0.15, 0.2) is 24.3 Å². The minimum absolute atomic E-state index is 0.125. The van der Waals surface area contributed by atoms with Crippen LogP contribution in [0.4, 0.5) is 0 Å². The van der Waals surface area contributed by atoms with Gasteiger partial charge in [-0.05, 0) is 38.5 Å². The normalized spacial score (nSPS) is 33.6. The smallest absolute Gasteiger partial charge is 0.0822 e. The number of hydrogen-bond acceptors (Lipinski definition) is 2. The Balaban J connectivity index is 2.05. The van der Waals surface area contributed by atoms with Gasteiger partial charge in [-0.2, -0.15) is 0 Å². The van der Waals surface area contributed by atoms with Crippen LogP contribution in [0.5, 0.6) is 0 Å². The zero-order valence-corrected chi connectivity index (χ0v) is 11.4. The zero-order chi connectivity index (χ0) is 12.5. The maximum atomic E-state index is 6.12. The van der Waals surface area contributed by atoms with Crippen LogP contribution in [0.2, 0.25) is 5.02 Å². The Morgan fingerprint density at radius 2 is 2.00 bits per heavy atom. The largest absolute Gasteiger partial charge is 0.369 e. The molecule has 17 heavy (non-hydrogen) atoms. The standard InChI is InChI=1S/C14H20ClNO/c1-10-11(2)17-14(3,9-16-10)8-12-4-6-13(15)7-5-12/h4-7,10-11,16H,8-9H2,1-3H3. The second-order valence-corrected chi connectivity index (χ2v) is 5.68. The molecule has 0 saturated carbocycles. The van der Waals surface area contributed by atoms with Gasteiger partial charge in [-0.25, -0.2) is 0 Å². The molecular weight excluding hydrogens is 234 g/mol. The summed E-state index contributed by atoms with van der Waals surface area (Å²) in [5, 5.41) is 4.28. The average molecular weight is 254 g/mol. The van der Waals surface area contributed by atoms with Crippen LogP contribution in [0, 0.1) is 0 Å². The van der Waals surface area contributed by atoms with Crippen molar-refractivity contribution in [3.8, 4) is 0 Å². The number of halogens is 1. The summed E-state index contributed by atoms with van der Waals surface area (Å²) >= 11 is 5.89. The van der Waals surface area contributed by atoms with Crippen LogP contribution in [0.1, 0.15) is 26.3 Å². The third-order valence-electron chi connectivity index (χ3n) is 3.46. The van der Waals surface area contributed by atoms with Crippen LogP contribution < -0.4 is 5.32 Å². The summed E-state index contributed by atoms with van der Waals surface area (Å²) < 4.78 is 6.12. The molecule has 1 aromatic rings. The molecular formula is C14H20ClNO. The molecule has 0 amide bonds. The third-order valence-corrected chi connectivity index (χ3v) is 3.72. The lowest BCUT2D eigenvalue weighted by Gasteiger charge is -2.41. The molecule has 1 aromatic carbocycles. The van der Waals surface area contributed by atoms with Crippen LogP contribution in [-0.2, 0) is 11.2 Å². The van der Waals surface area contributed by atoms with E-state index < -0.39 is 0 Å². The van der Waals surface area contributed by atoms with Gasteiger partial charge in [0.15, 0.2) is 0 Å². The number of nitrogens with one attached hydrogen (secondary N) is 1. The van der Waals surface area contributed by atoms with E-state index in [9.17, 15) is 0 Å². The van der Waals surface area contributed by atoms with Crippen molar-refractivity contribution >= 4 is 11.6 Å². The number of benzene rings is 1. The van der Waals surface area contributed by atoms with E-state index in [4.69, 9.17) is 16.3 Å². The van der Waals surface area contributed by atoms with Crippen molar-refractivity contribution in [1.82, 2.24) is 5.32 Å². The van der Waals surface area contributed by atoms with Crippen molar-refractivity contribution < 1.29 is 4.74 Å². The molecule has 0 spiro atoms. The van der Waals surface area contributed by atoms with E-state index in [-0.39, 0.29) is 11.7 Å². The summed E-state index contributed by atoms with van der Waals surface area (Å²) in [5.74, 6) is 0. The molecule has 0 aliphatic carbocycles. The van der Waals surface area contributed by atoms with Gasteiger partial charge in [0.05, 0.1) is 11.7 Å². The van der Waals surface area contributed by atoms with Crippen molar-refractivity contribution in [2.24, 2.45) is 0 Å². The van der Waals surface area contributed by atoms with Crippen molar-refractivity contribution in [1.29, 1.82) is 0 Å². The number of morpholine rings is 1. The van der Waals surface area contributed by atoms with E-state index in [1.165, 1.54) is 5.56 Å². The molecule has 2 rings (SSSR count). The average Bonchev–Trinajstić information content (AvgIpc) is 2.28. The molecule has 1 aliphatic rings. The van der Waals surface area contributed by atoms with E-state index in [0.717, 1.165) is 18.0 Å². The van der Waals surface area contributed by atoms with Crippen molar-refractivity contribution in [2.45, 2.75) is 44.9 Å². The molecule has 3 heteroatoms. The highest BCUT2D eigenvalue weighted by Crippen LogP contribution is 2.24. The highest BCUT2D eigenvalue weighted by Gasteiger charge is 2.34. The first-order valence-corrected chi connectivity index (χ1v) is 6.52. The van der Waals surface area contributed by atoms with E-state index in [1.807, 2.05) is 12.1 Å². The highest BCUT2D eigenvalue weighted by atomic mass is 35.5. The van der Waals surface area contributed by atoms with Gasteiger partial charge in [0, 0.05) is 24.0 Å². The Morgan fingerprint density at radius 1 is 1.35 bits per heavy atom. The number of rotatable bonds is 2. The number of ether oxygens (including phenoxy) is 1. The minimum atomic E-state index is -0.125. The summed E-state index contributed by atoms with van der Waals surface area (Å²) in [7, 11) is 0. The van der Waals surface area contributed by atoms with Gasteiger partial charge in [0.25, 0.3) is 0 Å². The molecule has 94 valence electrons. The van der Waals surface area contributed by atoms with Crippen molar-refractivity contribution in [2.75, 3.05) is 6.54 Å². The lowest BCUT2D eigenvalue weighted by Crippen LogP contribution is -2.56. The summed E-state index contributed by atoms with van der Waals surface area (Å²) in [5.41, 5.74) is 1.14. The molecule has 1 N–H and O–H groups in total. The van der Waals surface area contributed by atoms with Crippen molar-refractivity contribution in [3.05, 3.63) is 34.9 Å². The summed E-state index contributed by atoms with van der Waals surface area (Å²) in [6, 6.07) is 8.43. The lowest BCUT2D eigenvalue weighted by atomic mass is 9.93. The van der Waals surface area contributed by atoms with Gasteiger partial charge in [0.2, 0.25) is 0 Å². The first-order valence-electron chi connectivity index (χ1n) is 6.14. The monoisotopic (exact) mass is 253 g/mol. The first-order chi connectivity index (χ1) is 7.98. The maximum Gasteiger partial charge on any atom is 0.0822 e. The fourth-order valence-electron chi connectivity index (χ4n) is 2.27. The van der Waals surface area contributed by atoms with E-state index >= 15 is 0 Å². The predicted molar refractivity (Wildman–Crippen MR) is 71.6 cm³/mol. The Kier molecular flexibility index (Phi) is 3.76. The topological polar surface area (TPSA) is 21.3 Å². The van der Waals surface area contributed by atoms with Gasteiger partial charge in [0.1, 0.15) is 0 Å². The Morgan fingerprint density at radius 3 is 2.59 bits per heavy atom. The van der Waals surface area contributed by atoms with E-state index in [1.54, 1.807) is 0 Å². The number of hydrogen-bond donors (Lipinski definition) is 1. The lowest BCUT2D eigenvalue weighted by molar-refractivity contribution is -0.114. The summed E-state index contributed by atoms with van der Waals surface area (Å²) in [6.07, 6.45) is 1.16. The second-order valence-electron chi connectivity index (χ2n) is 5.25. The molecule has 1 heterocycles. The first kappa shape index (κ1) is 12.9. The molecule has 1 fully saturated rings. The molecule has 3 unspecified atom stereocenters. The maximum absolute atomic E-state index is 6.12. The van der Waals surface area contributed by atoms with Crippen LogP contribution in [-0.4, -0.2) is 24.3 Å². The zero-order valence-electron chi connectivity index (χ0n) is 10.7. The quantitative estimate of drug-likeness (QED) is 0.875. The fourth-order valence-corrected chi connectivity index (χ4v) is 2.40. The van der Waals surface area contributed by atoms with E-state index in [2.05, 4.69) is 38.2 Å². The second kappa shape index (κ2) is 4.97. The Bertz CT molecular complexity index is 378. The SMILES string of the molecule is CC1NCC(C)(Cc2ccc(Cl)cc2)OC1C. The molecule has 3 atom stereocenters. The van der Waals surface area contributed by atoms with Gasteiger partial charge in [-0.15, -0.1) is 0 Å². The Labute approximate surface area is 108 Å². The van der Waals surface area contributed by atoms with Gasteiger partial charge in [-0.3, -0.25) is 0 Å². The molecule has 1 saturated heterocycles. The van der Waals surface area contributed by atoms with Crippen molar-refractivity contribution in [3.63, 3.8) is 0 Å². The van der Waals surface area contributed by atoms with Crippen LogP contribution >= 0.6 is 11.6 Å². The minimum Gasteiger partial charge on any atom is -0.369 e. The molecule has 1 aliphatic heterocycles. The van der Waals surface area contributed by atoms with Gasteiger partial charge >= 0.3 is 0 Å². The van der Waals surface area contributed by atoms with Crippen LogP contribution in [0.3, 0.4) is 0 Å². The fraction of sp³-hybridized carbons (Fsp3) is 0.571. The predicted octanol–water partition coefficient (Wildman–Crippen LogP) is 3.04. The summed E-state index contributed by atoms with van der Waals surface area (Å²) in [6.45, 7) is 7.33. The molecule has 0 radical (unpaired) electrons. The molecule has 0 aromatic heterocycles. The van der Waals surface area contributed by atoms with E-state index in [0.29, 0.717) is 6.04 Å².